The molecule has 248 valence electrons. The molecule has 2 atom stereocenters. The van der Waals surface area contributed by atoms with Gasteiger partial charge in [0.15, 0.2) is 11.5 Å². The molecular weight excluding hydrogens is 556 g/mol. The number of unbranched alkanes of at least 4 members (excludes halogenated alkanes) is 1. The number of carbonyl (C=O) groups is 1. The summed E-state index contributed by atoms with van der Waals surface area (Å²) in [6, 6.07) is 4.34. The lowest BCUT2D eigenvalue weighted by molar-refractivity contribution is -0.125. The van der Waals surface area contributed by atoms with E-state index in [-0.39, 0.29) is 5.92 Å². The molecule has 0 radical (unpaired) electrons. The lowest BCUT2D eigenvalue weighted by Crippen LogP contribution is -2.32. The zero-order valence-electron chi connectivity index (χ0n) is 29.6. The number of methoxy groups -OCH3 is 1. The molecule has 1 saturated heterocycles. The van der Waals surface area contributed by atoms with Crippen molar-refractivity contribution in [3.05, 3.63) is 64.3 Å². The van der Waals surface area contributed by atoms with Crippen molar-refractivity contribution in [1.29, 1.82) is 5.41 Å². The maximum absolute atomic E-state index is 12.4. The Morgan fingerprint density at radius 2 is 1.73 bits per heavy atom. The summed E-state index contributed by atoms with van der Waals surface area (Å²) in [6.45, 7) is 15.4. The van der Waals surface area contributed by atoms with Gasteiger partial charge in [-0.3, -0.25) is 4.79 Å². The summed E-state index contributed by atoms with van der Waals surface area (Å²) in [5.74, 6) is 3.34. The van der Waals surface area contributed by atoms with Crippen molar-refractivity contribution in [2.45, 2.75) is 106 Å². The SMILES string of the molecule is CCC/C=C(/C=C(/CCCC1CCC(C)C(=O)C1)c1cc(OC)c(OCC2CCN(C)CC2)cc1C)C(\C)=C\C=C(\C)C(C)=N. The molecule has 1 aromatic rings. The number of benzene rings is 1. The molecule has 1 aliphatic heterocycles. The largest absolute Gasteiger partial charge is 0.493 e. The number of aryl methyl sites for hydroxylation is 1. The molecule has 45 heavy (non-hydrogen) atoms. The van der Waals surface area contributed by atoms with Crippen molar-refractivity contribution in [3.63, 3.8) is 0 Å². The van der Waals surface area contributed by atoms with Crippen LogP contribution in [0.15, 0.2) is 53.2 Å². The number of hydrogen-bond acceptors (Lipinski definition) is 5. The lowest BCUT2D eigenvalue weighted by atomic mass is 9.79. The van der Waals surface area contributed by atoms with Crippen LogP contribution < -0.4 is 9.47 Å². The van der Waals surface area contributed by atoms with E-state index in [0.29, 0.717) is 23.3 Å². The second kappa shape index (κ2) is 18.3. The van der Waals surface area contributed by atoms with Gasteiger partial charge in [-0.05, 0) is 157 Å². The van der Waals surface area contributed by atoms with E-state index in [4.69, 9.17) is 14.9 Å². The number of ketones is 1. The predicted molar refractivity (Wildman–Crippen MR) is 191 cm³/mol. The van der Waals surface area contributed by atoms with E-state index >= 15 is 0 Å². The fourth-order valence-corrected chi connectivity index (χ4v) is 6.36. The van der Waals surface area contributed by atoms with Crippen molar-refractivity contribution in [3.8, 4) is 11.5 Å². The monoisotopic (exact) mass is 616 g/mol. The van der Waals surface area contributed by atoms with Crippen molar-refractivity contribution in [2.75, 3.05) is 33.9 Å². The molecule has 5 heteroatoms. The number of nitrogens with zero attached hydrogens (tertiary/aromatic N) is 1. The number of nitrogens with one attached hydrogen (secondary N) is 1. The quantitative estimate of drug-likeness (QED) is 0.157. The number of ether oxygens (including phenoxy) is 2. The Balaban J connectivity index is 1.94. The highest BCUT2D eigenvalue weighted by Gasteiger charge is 2.25. The maximum atomic E-state index is 12.4. The number of allylic oxidation sites excluding steroid dienone is 8. The van der Waals surface area contributed by atoms with Crippen LogP contribution >= 0.6 is 0 Å². The minimum atomic E-state index is 0.224. The molecule has 0 amide bonds. The third kappa shape index (κ3) is 11.4. The molecule has 1 aromatic carbocycles. The fraction of sp³-hybridized carbons (Fsp3) is 0.600. The van der Waals surface area contributed by atoms with Crippen molar-refractivity contribution >= 4 is 17.1 Å². The minimum absolute atomic E-state index is 0.224. The number of piperidine rings is 1. The van der Waals surface area contributed by atoms with Gasteiger partial charge in [0.25, 0.3) is 0 Å². The lowest BCUT2D eigenvalue weighted by Gasteiger charge is -2.29. The van der Waals surface area contributed by atoms with Crippen LogP contribution in [0.2, 0.25) is 0 Å². The van der Waals surface area contributed by atoms with Crippen molar-refractivity contribution < 1.29 is 14.3 Å². The van der Waals surface area contributed by atoms with Gasteiger partial charge < -0.3 is 19.8 Å². The Morgan fingerprint density at radius 3 is 2.38 bits per heavy atom. The number of hydrogen-bond donors (Lipinski definition) is 1. The molecule has 3 rings (SSSR count). The zero-order chi connectivity index (χ0) is 32.9. The van der Waals surface area contributed by atoms with E-state index in [1.54, 1.807) is 7.11 Å². The van der Waals surface area contributed by atoms with E-state index < -0.39 is 0 Å². The highest BCUT2D eigenvalue weighted by Crippen LogP contribution is 2.38. The maximum Gasteiger partial charge on any atom is 0.161 e. The van der Waals surface area contributed by atoms with Gasteiger partial charge in [-0.25, -0.2) is 0 Å². The molecule has 0 aromatic heterocycles. The Hall–Kier alpha value is -2.92. The molecule has 0 spiro atoms. The third-order valence-corrected chi connectivity index (χ3v) is 9.89. The summed E-state index contributed by atoms with van der Waals surface area (Å²) in [6.07, 6.45) is 19.3. The first kappa shape index (κ1) is 36.5. The van der Waals surface area contributed by atoms with E-state index in [0.717, 1.165) is 88.1 Å². The molecule has 1 N–H and O–H groups in total. The van der Waals surface area contributed by atoms with E-state index in [1.807, 2.05) is 13.8 Å². The number of rotatable bonds is 15. The van der Waals surface area contributed by atoms with E-state index in [2.05, 4.69) is 76.1 Å². The smallest absolute Gasteiger partial charge is 0.161 e. The Labute approximate surface area is 274 Å². The second-order valence-electron chi connectivity index (χ2n) is 13.7. The number of carbonyl (C=O) groups excluding carboxylic acids is 1. The Bertz CT molecular complexity index is 1280. The molecule has 2 unspecified atom stereocenters. The van der Waals surface area contributed by atoms with Gasteiger partial charge in [0, 0.05) is 18.1 Å². The molecule has 1 heterocycles. The zero-order valence-corrected chi connectivity index (χ0v) is 29.6. The molecule has 5 nitrogen and oxygen atoms in total. The van der Waals surface area contributed by atoms with Crippen LogP contribution in [-0.4, -0.2) is 50.2 Å². The first-order valence-electron chi connectivity index (χ1n) is 17.4. The standard InChI is InChI=1S/C40H60N2O3/c1-9-10-13-35(29(3)16-15-28(2)32(6)41)25-36(14-11-12-33-18-17-30(4)38(43)24-33)37-26-39(44-8)40(23-31(37)5)45-27-34-19-21-42(7)22-20-34/h13,15-16,23,25-26,30,33-34,41H,9-12,14,17-22,24,27H2,1-8H3/b28-15-,29-16+,35-13-,36-25-,41-32?. The van der Waals surface area contributed by atoms with E-state index in [9.17, 15) is 4.79 Å². The third-order valence-electron chi connectivity index (χ3n) is 9.89. The number of likely N-dealkylation sites (tertiary alicyclic amines) is 1. The van der Waals surface area contributed by atoms with Crippen LogP contribution in [0.25, 0.3) is 5.57 Å². The van der Waals surface area contributed by atoms with Crippen molar-refractivity contribution in [2.24, 2.45) is 17.8 Å². The summed E-state index contributed by atoms with van der Waals surface area (Å²) in [5.41, 5.74) is 7.66. The summed E-state index contributed by atoms with van der Waals surface area (Å²) >= 11 is 0. The normalized spacial score (nSPS) is 21.3. The van der Waals surface area contributed by atoms with Gasteiger partial charge >= 0.3 is 0 Å². The molecule has 2 aliphatic rings. The summed E-state index contributed by atoms with van der Waals surface area (Å²) in [5, 5.41) is 7.98. The van der Waals surface area contributed by atoms with Crippen molar-refractivity contribution in [1.82, 2.24) is 4.90 Å². The first-order valence-corrected chi connectivity index (χ1v) is 17.4. The van der Waals surface area contributed by atoms with E-state index in [1.165, 1.54) is 40.7 Å². The highest BCUT2D eigenvalue weighted by molar-refractivity contribution is 5.95. The highest BCUT2D eigenvalue weighted by atomic mass is 16.5. The summed E-state index contributed by atoms with van der Waals surface area (Å²) < 4.78 is 12.3. The van der Waals surface area contributed by atoms with Crippen LogP contribution in [0.5, 0.6) is 11.5 Å². The van der Waals surface area contributed by atoms with Gasteiger partial charge in [-0.15, -0.1) is 0 Å². The summed E-state index contributed by atoms with van der Waals surface area (Å²) in [4.78, 5) is 14.8. The molecule has 1 aliphatic carbocycles. The first-order chi connectivity index (χ1) is 21.5. The van der Waals surface area contributed by atoms with Crippen LogP contribution in [0.3, 0.4) is 0 Å². The minimum Gasteiger partial charge on any atom is -0.493 e. The van der Waals surface area contributed by atoms with Gasteiger partial charge in [-0.2, -0.15) is 0 Å². The summed E-state index contributed by atoms with van der Waals surface area (Å²) in [7, 11) is 3.93. The topological polar surface area (TPSA) is 62.6 Å². The molecular formula is C40H60N2O3. The van der Waals surface area contributed by atoms with Crippen LogP contribution in [0, 0.1) is 30.1 Å². The fourth-order valence-electron chi connectivity index (χ4n) is 6.36. The van der Waals surface area contributed by atoms with Crippen LogP contribution in [0.4, 0.5) is 0 Å². The van der Waals surface area contributed by atoms with Gasteiger partial charge in [0.05, 0.1) is 13.7 Å². The Kier molecular flexibility index (Phi) is 14.8. The van der Waals surface area contributed by atoms with Gasteiger partial charge in [-0.1, -0.05) is 44.6 Å². The second-order valence-corrected chi connectivity index (χ2v) is 13.7. The van der Waals surface area contributed by atoms with Crippen LogP contribution in [-0.2, 0) is 4.79 Å². The molecule has 1 saturated carbocycles. The van der Waals surface area contributed by atoms with Crippen LogP contribution in [0.1, 0.15) is 110 Å². The predicted octanol–water partition coefficient (Wildman–Crippen LogP) is 9.94. The average Bonchev–Trinajstić information content (AvgIpc) is 3.02. The Morgan fingerprint density at radius 1 is 1.02 bits per heavy atom. The van der Waals surface area contributed by atoms with Gasteiger partial charge in [0.2, 0.25) is 0 Å². The van der Waals surface area contributed by atoms with Gasteiger partial charge in [0.1, 0.15) is 5.78 Å². The number of Topliss-reactive ketones (excluding diaryl/α,β-unsaturated/α-hetero) is 1. The molecule has 0 bridgehead atoms. The molecule has 2 fully saturated rings. The average molecular weight is 617 g/mol.